The zero-order chi connectivity index (χ0) is 18.2. The maximum absolute atomic E-state index is 12.1. The third kappa shape index (κ3) is 6.11. The summed E-state index contributed by atoms with van der Waals surface area (Å²) in [6, 6.07) is 12.7. The van der Waals surface area contributed by atoms with Crippen LogP contribution in [0, 0.1) is 0 Å². The van der Waals surface area contributed by atoms with Gasteiger partial charge in [-0.1, -0.05) is 11.6 Å². The lowest BCUT2D eigenvalue weighted by atomic mass is 10.0. The van der Waals surface area contributed by atoms with Gasteiger partial charge in [-0.25, -0.2) is 0 Å². The number of ether oxygens (including phenoxy) is 1. The van der Waals surface area contributed by atoms with Crippen molar-refractivity contribution < 1.29 is 14.3 Å². The lowest BCUT2D eigenvalue weighted by Crippen LogP contribution is -2.27. The van der Waals surface area contributed by atoms with Crippen LogP contribution in [0.15, 0.2) is 47.4 Å². The quantitative estimate of drug-likeness (QED) is 0.429. The number of benzene rings is 2. The predicted molar refractivity (Wildman–Crippen MR) is 102 cm³/mol. The summed E-state index contributed by atoms with van der Waals surface area (Å²) in [6.07, 6.45) is 0.176. The molecule has 1 amide bonds. The number of rotatable bonds is 8. The van der Waals surface area contributed by atoms with E-state index in [2.05, 4.69) is 5.32 Å². The van der Waals surface area contributed by atoms with Crippen molar-refractivity contribution in [1.82, 2.24) is 5.32 Å². The summed E-state index contributed by atoms with van der Waals surface area (Å²) >= 11 is 7.50. The van der Waals surface area contributed by atoms with Crippen LogP contribution in [0.1, 0.15) is 22.8 Å². The van der Waals surface area contributed by atoms with Crippen LogP contribution >= 0.6 is 23.4 Å². The molecule has 2 aromatic rings. The molecule has 0 aliphatic carbocycles. The first-order chi connectivity index (χ1) is 12.0. The Hall–Kier alpha value is -1.98. The molecule has 2 rings (SSSR count). The number of Topliss-reactive ketones (excluding diaryl/α,β-unsaturated/α-hetero) is 1. The van der Waals surface area contributed by atoms with Gasteiger partial charge in [-0.05, 0) is 49.4 Å². The molecule has 0 aromatic heterocycles. The van der Waals surface area contributed by atoms with E-state index in [-0.39, 0.29) is 18.1 Å². The molecule has 0 fully saturated rings. The Kier molecular flexibility index (Phi) is 7.34. The molecule has 25 heavy (non-hydrogen) atoms. The largest absolute Gasteiger partial charge is 0.496 e. The van der Waals surface area contributed by atoms with Crippen LogP contribution in [0.5, 0.6) is 5.75 Å². The Labute approximate surface area is 156 Å². The number of amides is 1. The Balaban J connectivity index is 1.84. The van der Waals surface area contributed by atoms with Crippen molar-refractivity contribution in [3.05, 3.63) is 58.6 Å². The van der Waals surface area contributed by atoms with Gasteiger partial charge >= 0.3 is 0 Å². The first-order valence-electron chi connectivity index (χ1n) is 7.82. The molecule has 6 heteroatoms. The fourth-order valence-corrected chi connectivity index (χ4v) is 3.16. The van der Waals surface area contributed by atoms with Crippen molar-refractivity contribution in [2.75, 3.05) is 19.4 Å². The first kappa shape index (κ1) is 19.3. The van der Waals surface area contributed by atoms with E-state index in [0.29, 0.717) is 28.4 Å². The van der Waals surface area contributed by atoms with Crippen LogP contribution < -0.4 is 10.1 Å². The minimum atomic E-state index is -0.101. The highest BCUT2D eigenvalue weighted by atomic mass is 35.5. The Morgan fingerprint density at radius 2 is 1.88 bits per heavy atom. The van der Waals surface area contributed by atoms with Crippen LogP contribution in [-0.4, -0.2) is 31.1 Å². The van der Waals surface area contributed by atoms with Crippen molar-refractivity contribution in [1.29, 1.82) is 0 Å². The summed E-state index contributed by atoms with van der Waals surface area (Å²) in [5.74, 6) is 1.23. The molecule has 0 bridgehead atoms. The molecule has 0 unspecified atom stereocenters. The second-order valence-corrected chi connectivity index (χ2v) is 7.02. The van der Waals surface area contributed by atoms with Crippen LogP contribution in [0.3, 0.4) is 0 Å². The molecular formula is C19H20ClNO3S. The summed E-state index contributed by atoms with van der Waals surface area (Å²) < 4.78 is 5.27. The van der Waals surface area contributed by atoms with Crippen molar-refractivity contribution in [2.45, 2.75) is 18.2 Å². The molecule has 0 spiro atoms. The first-order valence-corrected chi connectivity index (χ1v) is 9.19. The average molecular weight is 378 g/mol. The molecular weight excluding hydrogens is 358 g/mol. The van der Waals surface area contributed by atoms with Gasteiger partial charge in [-0.2, -0.15) is 0 Å². The number of hydrogen-bond acceptors (Lipinski definition) is 4. The van der Waals surface area contributed by atoms with E-state index in [0.717, 1.165) is 10.6 Å². The predicted octanol–water partition coefficient (Wildman–Crippen LogP) is 4.00. The van der Waals surface area contributed by atoms with E-state index in [1.807, 2.05) is 24.3 Å². The summed E-state index contributed by atoms with van der Waals surface area (Å²) in [4.78, 5) is 24.7. The molecule has 4 nitrogen and oxygen atoms in total. The Morgan fingerprint density at radius 3 is 2.52 bits per heavy atom. The van der Waals surface area contributed by atoms with Gasteiger partial charge in [0.1, 0.15) is 5.75 Å². The number of methoxy groups -OCH3 is 1. The summed E-state index contributed by atoms with van der Waals surface area (Å²) in [7, 11) is 1.55. The molecule has 0 aliphatic heterocycles. The summed E-state index contributed by atoms with van der Waals surface area (Å²) in [5, 5.41) is 3.59. The van der Waals surface area contributed by atoms with Gasteiger partial charge in [-0.15, -0.1) is 11.8 Å². The van der Waals surface area contributed by atoms with Crippen molar-refractivity contribution in [2.24, 2.45) is 0 Å². The second-order valence-electron chi connectivity index (χ2n) is 5.41. The third-order valence-corrected chi connectivity index (χ3v) is 4.81. The SMILES string of the molecule is COc1ccc(C(C)=O)cc1CC(=O)NCCSc1ccc(Cl)cc1. The normalized spacial score (nSPS) is 10.4. The number of thioether (sulfide) groups is 1. The van der Waals surface area contributed by atoms with Crippen molar-refractivity contribution >= 4 is 35.1 Å². The zero-order valence-electron chi connectivity index (χ0n) is 14.2. The molecule has 1 N–H and O–H groups in total. The molecule has 0 atom stereocenters. The van der Waals surface area contributed by atoms with E-state index in [1.165, 1.54) is 6.92 Å². The highest BCUT2D eigenvalue weighted by Crippen LogP contribution is 2.21. The number of carbonyl (C=O) groups excluding carboxylic acids is 2. The minimum absolute atomic E-state index is 0.0383. The van der Waals surface area contributed by atoms with Gasteiger partial charge in [0.2, 0.25) is 5.91 Å². The van der Waals surface area contributed by atoms with Gasteiger partial charge in [0, 0.05) is 33.3 Å². The summed E-state index contributed by atoms with van der Waals surface area (Å²) in [6.45, 7) is 2.06. The van der Waals surface area contributed by atoms with Crippen molar-refractivity contribution in [3.63, 3.8) is 0 Å². The smallest absolute Gasteiger partial charge is 0.224 e. The number of hydrogen-bond donors (Lipinski definition) is 1. The molecule has 0 aliphatic rings. The monoisotopic (exact) mass is 377 g/mol. The van der Waals surface area contributed by atoms with Crippen LogP contribution in [-0.2, 0) is 11.2 Å². The lowest BCUT2D eigenvalue weighted by Gasteiger charge is -2.10. The van der Waals surface area contributed by atoms with Gasteiger partial charge < -0.3 is 10.1 Å². The number of ketones is 1. The van der Waals surface area contributed by atoms with Gasteiger partial charge in [0.15, 0.2) is 5.78 Å². The summed E-state index contributed by atoms with van der Waals surface area (Å²) in [5.41, 5.74) is 1.28. The van der Waals surface area contributed by atoms with E-state index in [1.54, 1.807) is 37.1 Å². The number of halogens is 1. The van der Waals surface area contributed by atoms with Gasteiger partial charge in [0.25, 0.3) is 0 Å². The standard InChI is InChI=1S/C19H20ClNO3S/c1-13(22)14-3-8-18(24-2)15(11-14)12-19(23)21-9-10-25-17-6-4-16(20)5-7-17/h3-8,11H,9-10,12H2,1-2H3,(H,21,23). The van der Waals surface area contributed by atoms with Gasteiger partial charge in [-0.3, -0.25) is 9.59 Å². The fourth-order valence-electron chi connectivity index (χ4n) is 2.26. The Bertz CT molecular complexity index is 747. The third-order valence-electron chi connectivity index (χ3n) is 3.54. The fraction of sp³-hybridized carbons (Fsp3) is 0.263. The van der Waals surface area contributed by atoms with E-state index >= 15 is 0 Å². The number of carbonyl (C=O) groups is 2. The molecule has 0 radical (unpaired) electrons. The molecule has 132 valence electrons. The topological polar surface area (TPSA) is 55.4 Å². The highest BCUT2D eigenvalue weighted by molar-refractivity contribution is 7.99. The maximum Gasteiger partial charge on any atom is 0.224 e. The molecule has 0 saturated heterocycles. The zero-order valence-corrected chi connectivity index (χ0v) is 15.7. The van der Waals surface area contributed by atoms with Crippen LogP contribution in [0.25, 0.3) is 0 Å². The van der Waals surface area contributed by atoms with E-state index in [9.17, 15) is 9.59 Å². The molecule has 0 heterocycles. The highest BCUT2D eigenvalue weighted by Gasteiger charge is 2.11. The second kappa shape index (κ2) is 9.49. The maximum atomic E-state index is 12.1. The minimum Gasteiger partial charge on any atom is -0.496 e. The van der Waals surface area contributed by atoms with E-state index in [4.69, 9.17) is 16.3 Å². The average Bonchev–Trinajstić information content (AvgIpc) is 2.60. The van der Waals surface area contributed by atoms with Gasteiger partial charge in [0.05, 0.1) is 13.5 Å². The van der Waals surface area contributed by atoms with Crippen molar-refractivity contribution in [3.8, 4) is 5.75 Å². The molecule has 0 saturated carbocycles. The Morgan fingerprint density at radius 1 is 1.16 bits per heavy atom. The van der Waals surface area contributed by atoms with Crippen LogP contribution in [0.4, 0.5) is 0 Å². The molecule has 2 aromatic carbocycles. The van der Waals surface area contributed by atoms with E-state index < -0.39 is 0 Å². The number of nitrogens with one attached hydrogen (secondary N) is 1. The van der Waals surface area contributed by atoms with Crippen LogP contribution in [0.2, 0.25) is 5.02 Å². The lowest BCUT2D eigenvalue weighted by molar-refractivity contribution is -0.120.